The van der Waals surface area contributed by atoms with E-state index in [0.29, 0.717) is 18.6 Å². The van der Waals surface area contributed by atoms with Crippen LogP contribution in [0.1, 0.15) is 50.3 Å². The van der Waals surface area contributed by atoms with Gasteiger partial charge >= 0.3 is 7.12 Å². The van der Waals surface area contributed by atoms with Crippen LogP contribution in [0.25, 0.3) is 5.32 Å². The third-order valence-electron chi connectivity index (χ3n) is 4.88. The van der Waals surface area contributed by atoms with Gasteiger partial charge < -0.3 is 30.3 Å². The Hall–Kier alpha value is -1.43. The van der Waals surface area contributed by atoms with Crippen LogP contribution in [-0.4, -0.2) is 28.2 Å². The van der Waals surface area contributed by atoms with Crippen molar-refractivity contribution in [1.82, 2.24) is 9.97 Å². The smallest absolute Gasteiger partial charge is 0.423 e. The number of benzene rings is 1. The van der Waals surface area contributed by atoms with Gasteiger partial charge in [-0.3, -0.25) is 0 Å². The number of aromatic nitrogens is 2. The maximum atomic E-state index is 9.99. The Morgan fingerprint density at radius 1 is 1.30 bits per heavy atom. The predicted octanol–water partition coefficient (Wildman–Crippen LogP) is 3.50. The summed E-state index contributed by atoms with van der Waals surface area (Å²) in [6, 6.07) is 4.32. The standard InChI is InChI=1S/C19H26BN4O2.Pt/c1-5-13-8-16(9-14-11-26-20(25)17(13)14)23-19-21-10-12(4)18(24-19)22-15(6-2)7-3;/h8-10,15,25H,5-7,11H2,1-4H3,(H-,21,22,23,24);/q-1;. The Bertz CT molecular complexity index is 787. The molecule has 0 unspecified atom stereocenters. The van der Waals surface area contributed by atoms with E-state index in [4.69, 9.17) is 4.65 Å². The molecular formula is C19H26BN4O2Pt-. The molecule has 0 saturated carbocycles. The van der Waals surface area contributed by atoms with Gasteiger partial charge in [-0.25, -0.2) is 0 Å². The molecule has 1 aromatic carbocycles. The summed E-state index contributed by atoms with van der Waals surface area (Å²) in [6.07, 6.45) is 4.69. The third-order valence-corrected chi connectivity index (χ3v) is 4.88. The van der Waals surface area contributed by atoms with Gasteiger partial charge in [-0.15, -0.1) is 0 Å². The quantitative estimate of drug-likeness (QED) is 0.518. The Kier molecular flexibility index (Phi) is 7.83. The van der Waals surface area contributed by atoms with Crippen molar-refractivity contribution in [2.24, 2.45) is 0 Å². The Morgan fingerprint density at radius 2 is 2.04 bits per heavy atom. The molecule has 3 rings (SSSR count). The Morgan fingerprint density at radius 3 is 2.70 bits per heavy atom. The molecule has 0 spiro atoms. The molecule has 0 saturated heterocycles. The summed E-state index contributed by atoms with van der Waals surface area (Å²) in [6.45, 7) is 8.79. The molecule has 2 heterocycles. The van der Waals surface area contributed by atoms with Crippen molar-refractivity contribution in [3.05, 3.63) is 40.3 Å². The molecule has 0 radical (unpaired) electrons. The molecular weight excluding hydrogens is 522 g/mol. The fraction of sp³-hybridized carbons (Fsp3) is 0.474. The van der Waals surface area contributed by atoms with Crippen LogP contribution in [0.15, 0.2) is 18.3 Å². The minimum Gasteiger partial charge on any atom is -0.423 e. The molecule has 2 N–H and O–H groups in total. The van der Waals surface area contributed by atoms with Crippen LogP contribution in [-0.2, 0) is 38.7 Å². The van der Waals surface area contributed by atoms with Gasteiger partial charge in [0.15, 0.2) is 0 Å². The molecule has 0 bridgehead atoms. The number of nitrogens with one attached hydrogen (secondary N) is 1. The van der Waals surface area contributed by atoms with Gasteiger partial charge in [0.1, 0.15) is 0 Å². The minimum atomic E-state index is -0.833. The van der Waals surface area contributed by atoms with Crippen LogP contribution in [0.4, 0.5) is 17.5 Å². The monoisotopic (exact) mass is 548 g/mol. The Labute approximate surface area is 175 Å². The first kappa shape index (κ1) is 21.9. The molecule has 148 valence electrons. The maximum absolute atomic E-state index is 9.99. The zero-order valence-electron chi connectivity index (χ0n) is 16.2. The molecule has 1 aliphatic heterocycles. The van der Waals surface area contributed by atoms with E-state index in [1.54, 1.807) is 6.20 Å². The molecule has 1 aliphatic rings. The largest absolute Gasteiger partial charge is 0.492 e. The summed E-state index contributed by atoms with van der Waals surface area (Å²) >= 11 is 0. The summed E-state index contributed by atoms with van der Waals surface area (Å²) in [5.41, 5.74) is 4.71. The van der Waals surface area contributed by atoms with Crippen molar-refractivity contribution >= 4 is 30.0 Å². The molecule has 8 heteroatoms. The predicted molar refractivity (Wildman–Crippen MR) is 106 cm³/mol. The fourth-order valence-corrected chi connectivity index (χ4v) is 3.24. The van der Waals surface area contributed by atoms with Crippen LogP contribution >= 0.6 is 0 Å². The zero-order chi connectivity index (χ0) is 18.7. The SMILES string of the molecule is CCc1cc([N-]c2ncc(C)c(NC(CC)CC)n2)cc2c1B(O)OC2.[Pt]. The van der Waals surface area contributed by atoms with E-state index >= 15 is 0 Å². The van der Waals surface area contributed by atoms with E-state index in [1.165, 1.54) is 0 Å². The summed E-state index contributed by atoms with van der Waals surface area (Å²) < 4.78 is 5.35. The van der Waals surface area contributed by atoms with E-state index in [9.17, 15) is 5.02 Å². The third kappa shape index (κ3) is 4.90. The Balaban J connectivity index is 0.00000261. The van der Waals surface area contributed by atoms with E-state index in [-0.39, 0.29) is 21.1 Å². The van der Waals surface area contributed by atoms with Crippen LogP contribution < -0.4 is 10.8 Å². The van der Waals surface area contributed by atoms with Crippen LogP contribution in [0.2, 0.25) is 0 Å². The second kappa shape index (κ2) is 9.67. The van der Waals surface area contributed by atoms with Crippen LogP contribution in [0, 0.1) is 6.92 Å². The van der Waals surface area contributed by atoms with Gasteiger partial charge in [0.2, 0.25) is 0 Å². The summed E-state index contributed by atoms with van der Waals surface area (Å²) in [5.74, 6) is 1.27. The summed E-state index contributed by atoms with van der Waals surface area (Å²) in [4.78, 5) is 8.96. The maximum Gasteiger partial charge on any atom is 0.492 e. The van der Waals surface area contributed by atoms with Gasteiger partial charge in [0.25, 0.3) is 0 Å². The topological polar surface area (TPSA) is 81.4 Å². The summed E-state index contributed by atoms with van der Waals surface area (Å²) in [7, 11) is -0.833. The van der Waals surface area contributed by atoms with Gasteiger partial charge in [0.05, 0.1) is 12.4 Å². The molecule has 2 aromatic rings. The first-order chi connectivity index (χ1) is 12.5. The zero-order valence-corrected chi connectivity index (χ0v) is 18.5. The number of fused-ring (bicyclic) bond motifs is 1. The van der Waals surface area contributed by atoms with E-state index in [0.717, 1.165) is 52.9 Å². The first-order valence-electron chi connectivity index (χ1n) is 9.32. The molecule has 0 fully saturated rings. The normalized spacial score (nSPS) is 12.7. The number of rotatable bonds is 7. The number of hydrogen-bond acceptors (Lipinski definition) is 5. The number of hydrogen-bond donors (Lipinski definition) is 2. The molecule has 0 aliphatic carbocycles. The first-order valence-corrected chi connectivity index (χ1v) is 9.32. The summed E-state index contributed by atoms with van der Waals surface area (Å²) in [5, 5.41) is 18.1. The van der Waals surface area contributed by atoms with Crippen molar-refractivity contribution in [2.45, 2.75) is 59.6 Å². The molecule has 6 nitrogen and oxygen atoms in total. The van der Waals surface area contributed by atoms with Crippen molar-refractivity contribution < 1.29 is 30.7 Å². The second-order valence-corrected chi connectivity index (χ2v) is 6.67. The number of aryl methyl sites for hydroxylation is 2. The van der Waals surface area contributed by atoms with Gasteiger partial charge in [-0.2, -0.15) is 0 Å². The average molecular weight is 548 g/mol. The number of anilines is 1. The van der Waals surface area contributed by atoms with E-state index in [2.05, 4.69) is 41.4 Å². The second-order valence-electron chi connectivity index (χ2n) is 6.67. The van der Waals surface area contributed by atoms with Gasteiger partial charge in [0, 0.05) is 33.1 Å². The fourth-order valence-electron chi connectivity index (χ4n) is 3.24. The average Bonchev–Trinajstić information content (AvgIpc) is 3.02. The van der Waals surface area contributed by atoms with Crippen molar-refractivity contribution in [3.63, 3.8) is 0 Å². The van der Waals surface area contributed by atoms with Gasteiger partial charge in [-0.1, -0.05) is 20.8 Å². The van der Waals surface area contributed by atoms with Crippen molar-refractivity contribution in [2.75, 3.05) is 5.32 Å². The van der Waals surface area contributed by atoms with Crippen LogP contribution in [0.3, 0.4) is 0 Å². The van der Waals surface area contributed by atoms with Crippen LogP contribution in [0.5, 0.6) is 0 Å². The van der Waals surface area contributed by atoms with E-state index in [1.807, 2.05) is 19.1 Å². The minimum absolute atomic E-state index is 0. The molecule has 1 aromatic heterocycles. The molecule has 0 atom stereocenters. The molecule has 0 amide bonds. The number of nitrogens with zero attached hydrogens (tertiary/aromatic N) is 3. The van der Waals surface area contributed by atoms with Gasteiger partial charge in [-0.05, 0) is 72.4 Å². The molecule has 27 heavy (non-hydrogen) atoms. The van der Waals surface area contributed by atoms with Crippen molar-refractivity contribution in [3.8, 4) is 0 Å². The van der Waals surface area contributed by atoms with Crippen molar-refractivity contribution in [1.29, 1.82) is 0 Å². The van der Waals surface area contributed by atoms with E-state index < -0.39 is 7.12 Å².